The van der Waals surface area contributed by atoms with Gasteiger partial charge in [0.25, 0.3) is 5.91 Å². The number of hydrogen-bond donors (Lipinski definition) is 1. The number of nitrogens with one attached hydrogen (secondary N) is 1. The predicted molar refractivity (Wildman–Crippen MR) is 102 cm³/mol. The standard InChI is InChI=1S/C21H17F3N2O4/c1-28-18-7-5-14(10-19(18)30-21(23)24)20(27)26-11-13-4-6-17(16(22)9-13)29-15-3-2-8-25-12-15/h2-10,12,21H,11H2,1H3,(H,26,27). The number of aromatic nitrogens is 1. The molecule has 2 aromatic carbocycles. The van der Waals surface area contributed by atoms with Crippen molar-refractivity contribution in [3.63, 3.8) is 0 Å². The normalized spacial score (nSPS) is 10.6. The van der Waals surface area contributed by atoms with Crippen LogP contribution in [0.5, 0.6) is 23.0 Å². The number of hydrogen-bond acceptors (Lipinski definition) is 5. The third-order valence-electron chi connectivity index (χ3n) is 3.95. The Morgan fingerprint density at radius 1 is 1.10 bits per heavy atom. The molecule has 0 saturated carbocycles. The first-order chi connectivity index (χ1) is 14.5. The Balaban J connectivity index is 1.65. The van der Waals surface area contributed by atoms with E-state index in [2.05, 4.69) is 15.0 Å². The SMILES string of the molecule is COc1ccc(C(=O)NCc2ccc(Oc3cccnc3)c(F)c2)cc1OC(F)F. The largest absolute Gasteiger partial charge is 0.493 e. The van der Waals surface area contributed by atoms with Crippen molar-refractivity contribution in [3.8, 4) is 23.0 Å². The van der Waals surface area contributed by atoms with Gasteiger partial charge in [-0.2, -0.15) is 8.78 Å². The van der Waals surface area contributed by atoms with Gasteiger partial charge in [-0.3, -0.25) is 9.78 Å². The molecule has 1 N–H and O–H groups in total. The number of halogens is 3. The van der Waals surface area contributed by atoms with Crippen LogP contribution in [-0.2, 0) is 6.54 Å². The molecule has 0 radical (unpaired) electrons. The van der Waals surface area contributed by atoms with Gasteiger partial charge in [0.2, 0.25) is 0 Å². The first-order valence-corrected chi connectivity index (χ1v) is 8.73. The van der Waals surface area contributed by atoms with Gasteiger partial charge in [0.05, 0.1) is 13.3 Å². The van der Waals surface area contributed by atoms with Crippen molar-refractivity contribution in [1.29, 1.82) is 0 Å². The molecule has 0 bridgehead atoms. The van der Waals surface area contributed by atoms with Crippen LogP contribution in [0.3, 0.4) is 0 Å². The van der Waals surface area contributed by atoms with E-state index in [0.717, 1.165) is 6.07 Å². The highest BCUT2D eigenvalue weighted by Gasteiger charge is 2.15. The zero-order valence-electron chi connectivity index (χ0n) is 15.8. The third-order valence-corrected chi connectivity index (χ3v) is 3.95. The second-order valence-corrected chi connectivity index (χ2v) is 5.98. The number of nitrogens with zero attached hydrogens (tertiary/aromatic N) is 1. The van der Waals surface area contributed by atoms with Gasteiger partial charge < -0.3 is 19.5 Å². The van der Waals surface area contributed by atoms with Crippen LogP contribution in [0.2, 0.25) is 0 Å². The van der Waals surface area contributed by atoms with Crippen LogP contribution in [0.15, 0.2) is 60.9 Å². The van der Waals surface area contributed by atoms with E-state index in [9.17, 15) is 18.0 Å². The number of benzene rings is 2. The maximum Gasteiger partial charge on any atom is 0.387 e. The molecule has 0 aliphatic heterocycles. The van der Waals surface area contributed by atoms with E-state index in [1.807, 2.05) is 0 Å². The predicted octanol–water partition coefficient (Wildman–Crippen LogP) is 4.55. The van der Waals surface area contributed by atoms with E-state index in [1.165, 1.54) is 37.6 Å². The summed E-state index contributed by atoms with van der Waals surface area (Å²) in [6.45, 7) is -3.05. The van der Waals surface area contributed by atoms with Gasteiger partial charge in [-0.05, 0) is 48.0 Å². The Hall–Kier alpha value is -3.75. The first-order valence-electron chi connectivity index (χ1n) is 8.73. The monoisotopic (exact) mass is 418 g/mol. The van der Waals surface area contributed by atoms with Crippen molar-refractivity contribution in [1.82, 2.24) is 10.3 Å². The average molecular weight is 418 g/mol. The van der Waals surface area contributed by atoms with Crippen LogP contribution in [-0.4, -0.2) is 24.6 Å². The number of methoxy groups -OCH3 is 1. The highest BCUT2D eigenvalue weighted by atomic mass is 19.3. The second kappa shape index (κ2) is 9.64. The number of ether oxygens (including phenoxy) is 3. The van der Waals surface area contributed by atoms with Crippen molar-refractivity contribution in [2.45, 2.75) is 13.2 Å². The number of carbonyl (C=O) groups excluding carboxylic acids is 1. The molecule has 9 heteroatoms. The summed E-state index contributed by atoms with van der Waals surface area (Å²) in [5.74, 6) is -0.947. The molecule has 156 valence electrons. The lowest BCUT2D eigenvalue weighted by atomic mass is 10.1. The molecular weight excluding hydrogens is 401 g/mol. The number of amides is 1. The molecule has 0 spiro atoms. The van der Waals surface area contributed by atoms with E-state index in [-0.39, 0.29) is 29.4 Å². The van der Waals surface area contributed by atoms with E-state index in [1.54, 1.807) is 24.4 Å². The molecule has 0 fully saturated rings. The Kier molecular flexibility index (Phi) is 6.74. The summed E-state index contributed by atoms with van der Waals surface area (Å²) >= 11 is 0. The number of pyridine rings is 1. The molecule has 3 aromatic rings. The van der Waals surface area contributed by atoms with Crippen molar-refractivity contribution in [2.24, 2.45) is 0 Å². The molecule has 0 saturated heterocycles. The van der Waals surface area contributed by atoms with E-state index < -0.39 is 18.3 Å². The third kappa shape index (κ3) is 5.40. The highest BCUT2D eigenvalue weighted by Crippen LogP contribution is 2.29. The summed E-state index contributed by atoms with van der Waals surface area (Å²) in [7, 11) is 1.30. The van der Waals surface area contributed by atoms with Gasteiger partial charge in [-0.15, -0.1) is 0 Å². The number of carbonyl (C=O) groups is 1. The molecule has 6 nitrogen and oxygen atoms in total. The molecular formula is C21H17F3N2O4. The topological polar surface area (TPSA) is 69.7 Å². The molecule has 0 atom stereocenters. The van der Waals surface area contributed by atoms with Crippen LogP contribution < -0.4 is 19.5 Å². The minimum absolute atomic E-state index is 0.0139. The molecule has 30 heavy (non-hydrogen) atoms. The first kappa shape index (κ1) is 21.0. The van der Waals surface area contributed by atoms with Crippen molar-refractivity contribution in [3.05, 3.63) is 77.9 Å². The van der Waals surface area contributed by atoms with Crippen LogP contribution in [0, 0.1) is 5.82 Å². The highest BCUT2D eigenvalue weighted by molar-refractivity contribution is 5.94. The maximum absolute atomic E-state index is 14.3. The van der Waals surface area contributed by atoms with Gasteiger partial charge in [0.1, 0.15) is 5.75 Å². The Labute approximate surface area is 170 Å². The maximum atomic E-state index is 14.3. The summed E-state index contributed by atoms with van der Waals surface area (Å²) in [6.07, 6.45) is 3.02. The summed E-state index contributed by atoms with van der Waals surface area (Å²) in [6, 6.07) is 11.4. The van der Waals surface area contributed by atoms with Crippen molar-refractivity contribution in [2.75, 3.05) is 7.11 Å². The molecule has 1 heterocycles. The van der Waals surface area contributed by atoms with Gasteiger partial charge in [0, 0.05) is 18.3 Å². The minimum Gasteiger partial charge on any atom is -0.493 e. The Morgan fingerprint density at radius 2 is 1.90 bits per heavy atom. The lowest BCUT2D eigenvalue weighted by Crippen LogP contribution is -2.23. The summed E-state index contributed by atoms with van der Waals surface area (Å²) < 4.78 is 54.0. The summed E-state index contributed by atoms with van der Waals surface area (Å²) in [5, 5.41) is 2.59. The fourth-order valence-corrected chi connectivity index (χ4v) is 2.56. The fourth-order valence-electron chi connectivity index (χ4n) is 2.56. The van der Waals surface area contributed by atoms with Gasteiger partial charge in [-0.1, -0.05) is 6.07 Å². The smallest absolute Gasteiger partial charge is 0.387 e. The molecule has 0 unspecified atom stereocenters. The van der Waals surface area contributed by atoms with Crippen LogP contribution in [0.25, 0.3) is 0 Å². The molecule has 1 amide bonds. The van der Waals surface area contributed by atoms with E-state index >= 15 is 0 Å². The second-order valence-electron chi connectivity index (χ2n) is 5.98. The lowest BCUT2D eigenvalue weighted by Gasteiger charge is -2.12. The zero-order valence-corrected chi connectivity index (χ0v) is 15.8. The van der Waals surface area contributed by atoms with Crippen LogP contribution in [0.4, 0.5) is 13.2 Å². The quantitative estimate of drug-likeness (QED) is 0.581. The van der Waals surface area contributed by atoms with Gasteiger partial charge in [0.15, 0.2) is 23.1 Å². The Bertz CT molecular complexity index is 1020. The van der Waals surface area contributed by atoms with E-state index in [0.29, 0.717) is 11.3 Å². The van der Waals surface area contributed by atoms with Gasteiger partial charge in [-0.25, -0.2) is 4.39 Å². The van der Waals surface area contributed by atoms with Gasteiger partial charge >= 0.3 is 6.61 Å². The molecule has 3 rings (SSSR count). The van der Waals surface area contributed by atoms with Crippen molar-refractivity contribution < 1.29 is 32.2 Å². The fraction of sp³-hybridized carbons (Fsp3) is 0.143. The minimum atomic E-state index is -3.06. The van der Waals surface area contributed by atoms with Crippen LogP contribution >= 0.6 is 0 Å². The van der Waals surface area contributed by atoms with Crippen molar-refractivity contribution >= 4 is 5.91 Å². The summed E-state index contributed by atoms with van der Waals surface area (Å²) in [4.78, 5) is 16.2. The zero-order chi connectivity index (χ0) is 21.5. The number of rotatable bonds is 8. The number of alkyl halides is 2. The van der Waals surface area contributed by atoms with Crippen LogP contribution in [0.1, 0.15) is 15.9 Å². The Morgan fingerprint density at radius 3 is 2.57 bits per heavy atom. The molecule has 1 aromatic heterocycles. The van der Waals surface area contributed by atoms with E-state index in [4.69, 9.17) is 9.47 Å². The average Bonchev–Trinajstić information content (AvgIpc) is 2.74. The molecule has 0 aliphatic carbocycles. The summed E-state index contributed by atoms with van der Waals surface area (Å²) in [5.41, 5.74) is 0.570. The molecule has 0 aliphatic rings. The lowest BCUT2D eigenvalue weighted by molar-refractivity contribution is -0.0512.